The normalized spacial score (nSPS) is 17.1. The standard InChI is InChI=1S/C19H20BrN3S/c1-11-7-12(2)18(13(3)8-11)17-10-16(22-23(17)19(21)24)14-5-4-6-15(20)9-14/h4-9,17H,10H2,1-3H3,(H2,21,24). The quantitative estimate of drug-likeness (QED) is 0.736. The van der Waals surface area contributed by atoms with Crippen LogP contribution >= 0.6 is 28.1 Å². The molecule has 24 heavy (non-hydrogen) atoms. The van der Waals surface area contributed by atoms with Crippen LogP contribution in [0.2, 0.25) is 0 Å². The van der Waals surface area contributed by atoms with Gasteiger partial charge in [0.15, 0.2) is 5.11 Å². The van der Waals surface area contributed by atoms with Crippen molar-refractivity contribution in [2.24, 2.45) is 10.8 Å². The fourth-order valence-electron chi connectivity index (χ4n) is 3.50. The molecule has 0 aromatic heterocycles. The lowest BCUT2D eigenvalue weighted by Gasteiger charge is -2.25. The molecule has 2 aromatic carbocycles. The van der Waals surface area contributed by atoms with Crippen molar-refractivity contribution in [1.82, 2.24) is 5.01 Å². The molecule has 2 N–H and O–H groups in total. The van der Waals surface area contributed by atoms with Crippen molar-refractivity contribution < 1.29 is 0 Å². The molecule has 3 nitrogen and oxygen atoms in total. The molecule has 1 unspecified atom stereocenters. The number of nitrogens with zero attached hydrogens (tertiary/aromatic N) is 2. The molecule has 1 aliphatic heterocycles. The highest BCUT2D eigenvalue weighted by atomic mass is 79.9. The number of thiocarbonyl (C=S) groups is 1. The van der Waals surface area contributed by atoms with E-state index in [9.17, 15) is 0 Å². The second-order valence-corrected chi connectivity index (χ2v) is 7.61. The molecule has 2 aromatic rings. The lowest BCUT2D eigenvalue weighted by molar-refractivity contribution is 0.370. The summed E-state index contributed by atoms with van der Waals surface area (Å²) in [6.45, 7) is 6.40. The van der Waals surface area contributed by atoms with E-state index >= 15 is 0 Å². The van der Waals surface area contributed by atoms with Crippen molar-refractivity contribution in [3.8, 4) is 0 Å². The first-order valence-corrected chi connectivity index (χ1v) is 9.06. The van der Waals surface area contributed by atoms with E-state index in [1.165, 1.54) is 22.3 Å². The minimum Gasteiger partial charge on any atom is -0.375 e. The van der Waals surface area contributed by atoms with Crippen LogP contribution < -0.4 is 5.73 Å². The van der Waals surface area contributed by atoms with Crippen LogP contribution in [-0.4, -0.2) is 15.8 Å². The molecule has 0 fully saturated rings. The number of halogens is 1. The zero-order valence-corrected chi connectivity index (χ0v) is 16.4. The molecule has 1 aliphatic rings. The number of hydrogen-bond donors (Lipinski definition) is 1. The first kappa shape index (κ1) is 17.1. The Bertz CT molecular complexity index is 821. The summed E-state index contributed by atoms with van der Waals surface area (Å²) in [5, 5.41) is 6.82. The average Bonchev–Trinajstić information content (AvgIpc) is 2.91. The third-order valence-corrected chi connectivity index (χ3v) is 5.05. The summed E-state index contributed by atoms with van der Waals surface area (Å²) >= 11 is 8.79. The van der Waals surface area contributed by atoms with E-state index in [4.69, 9.17) is 23.1 Å². The van der Waals surface area contributed by atoms with Gasteiger partial charge in [-0.3, -0.25) is 0 Å². The summed E-state index contributed by atoms with van der Waals surface area (Å²) in [5.74, 6) is 0. The molecule has 0 spiro atoms. The Morgan fingerprint density at radius 1 is 1.21 bits per heavy atom. The Hall–Kier alpha value is -1.72. The summed E-state index contributed by atoms with van der Waals surface area (Å²) < 4.78 is 1.04. The first-order valence-electron chi connectivity index (χ1n) is 7.86. The monoisotopic (exact) mass is 401 g/mol. The molecule has 0 amide bonds. The van der Waals surface area contributed by atoms with E-state index in [1.54, 1.807) is 5.01 Å². The summed E-state index contributed by atoms with van der Waals surface area (Å²) in [6, 6.07) is 12.6. The smallest absolute Gasteiger partial charge is 0.187 e. The molecule has 3 rings (SSSR count). The average molecular weight is 402 g/mol. The van der Waals surface area contributed by atoms with Crippen LogP contribution in [0.25, 0.3) is 0 Å². The van der Waals surface area contributed by atoms with Crippen molar-refractivity contribution >= 4 is 39.0 Å². The van der Waals surface area contributed by atoms with Crippen molar-refractivity contribution in [3.05, 3.63) is 68.7 Å². The second-order valence-electron chi connectivity index (χ2n) is 6.27. The van der Waals surface area contributed by atoms with Gasteiger partial charge in [-0.05, 0) is 67.4 Å². The molecule has 5 heteroatoms. The Balaban J connectivity index is 2.04. The van der Waals surface area contributed by atoms with Crippen LogP contribution in [0.5, 0.6) is 0 Å². The minimum atomic E-state index is 0.0529. The van der Waals surface area contributed by atoms with E-state index in [-0.39, 0.29) is 6.04 Å². The first-order chi connectivity index (χ1) is 11.4. The van der Waals surface area contributed by atoms with E-state index in [0.717, 1.165) is 22.2 Å². The molecule has 0 saturated heterocycles. The third-order valence-electron chi connectivity index (χ3n) is 4.37. The summed E-state index contributed by atoms with van der Waals surface area (Å²) in [5.41, 5.74) is 13.1. The Labute approximate surface area is 156 Å². The van der Waals surface area contributed by atoms with Crippen molar-refractivity contribution in [2.45, 2.75) is 33.2 Å². The van der Waals surface area contributed by atoms with E-state index in [1.807, 2.05) is 12.1 Å². The maximum atomic E-state index is 5.97. The van der Waals surface area contributed by atoms with Gasteiger partial charge in [-0.1, -0.05) is 45.8 Å². The van der Waals surface area contributed by atoms with Gasteiger partial charge in [0, 0.05) is 10.9 Å². The Morgan fingerprint density at radius 3 is 2.46 bits per heavy atom. The fraction of sp³-hybridized carbons (Fsp3) is 0.263. The molecular weight excluding hydrogens is 382 g/mol. The molecule has 0 bridgehead atoms. The van der Waals surface area contributed by atoms with E-state index < -0.39 is 0 Å². The Morgan fingerprint density at radius 2 is 1.88 bits per heavy atom. The van der Waals surface area contributed by atoms with Crippen LogP contribution in [-0.2, 0) is 0 Å². The molecule has 124 valence electrons. The number of benzene rings is 2. The topological polar surface area (TPSA) is 41.6 Å². The molecular formula is C19H20BrN3S. The number of nitrogens with two attached hydrogens (primary N) is 1. The van der Waals surface area contributed by atoms with Gasteiger partial charge in [-0.25, -0.2) is 5.01 Å². The van der Waals surface area contributed by atoms with E-state index in [0.29, 0.717) is 5.11 Å². The second kappa shape index (κ2) is 6.65. The van der Waals surface area contributed by atoms with Crippen LogP contribution in [0.1, 0.15) is 40.3 Å². The summed E-state index contributed by atoms with van der Waals surface area (Å²) in [6.07, 6.45) is 0.790. The number of hydrazone groups is 1. The van der Waals surface area contributed by atoms with Crippen molar-refractivity contribution in [2.75, 3.05) is 0 Å². The predicted molar refractivity (Wildman–Crippen MR) is 107 cm³/mol. The van der Waals surface area contributed by atoms with Gasteiger partial charge in [0.2, 0.25) is 0 Å². The van der Waals surface area contributed by atoms with E-state index in [2.05, 4.69) is 61.0 Å². The van der Waals surface area contributed by atoms with Gasteiger partial charge in [0.1, 0.15) is 0 Å². The van der Waals surface area contributed by atoms with Gasteiger partial charge in [-0.15, -0.1) is 0 Å². The van der Waals surface area contributed by atoms with Crippen molar-refractivity contribution in [3.63, 3.8) is 0 Å². The fourth-order valence-corrected chi connectivity index (χ4v) is 4.07. The lowest BCUT2D eigenvalue weighted by atomic mass is 9.90. The highest BCUT2D eigenvalue weighted by Gasteiger charge is 2.32. The Kier molecular flexibility index (Phi) is 4.74. The van der Waals surface area contributed by atoms with Gasteiger partial charge in [0.25, 0.3) is 0 Å². The maximum absolute atomic E-state index is 5.97. The molecule has 0 aliphatic carbocycles. The minimum absolute atomic E-state index is 0.0529. The molecule has 0 saturated carbocycles. The predicted octanol–water partition coefficient (Wildman–Crippen LogP) is 4.77. The zero-order chi connectivity index (χ0) is 17.4. The third kappa shape index (κ3) is 3.23. The van der Waals surface area contributed by atoms with Gasteiger partial charge in [0.05, 0.1) is 11.8 Å². The number of hydrogen-bond acceptors (Lipinski definition) is 2. The number of aryl methyl sites for hydroxylation is 3. The van der Waals surface area contributed by atoms with Crippen LogP contribution in [0.3, 0.4) is 0 Å². The van der Waals surface area contributed by atoms with Crippen LogP contribution in [0, 0.1) is 20.8 Å². The van der Waals surface area contributed by atoms with Crippen LogP contribution in [0.4, 0.5) is 0 Å². The highest BCUT2D eigenvalue weighted by Crippen LogP contribution is 2.36. The largest absolute Gasteiger partial charge is 0.375 e. The van der Waals surface area contributed by atoms with Gasteiger partial charge < -0.3 is 5.73 Å². The zero-order valence-electron chi connectivity index (χ0n) is 14.0. The molecule has 0 radical (unpaired) electrons. The molecule has 1 atom stereocenters. The van der Waals surface area contributed by atoms with Gasteiger partial charge >= 0.3 is 0 Å². The SMILES string of the molecule is Cc1cc(C)c(C2CC(c3cccc(Br)c3)=NN2C(N)=S)c(C)c1. The molecule has 1 heterocycles. The van der Waals surface area contributed by atoms with Gasteiger partial charge in [-0.2, -0.15) is 5.10 Å². The summed E-state index contributed by atoms with van der Waals surface area (Å²) in [7, 11) is 0. The summed E-state index contributed by atoms with van der Waals surface area (Å²) in [4.78, 5) is 0. The van der Waals surface area contributed by atoms with Crippen LogP contribution in [0.15, 0.2) is 46.0 Å². The lowest BCUT2D eigenvalue weighted by Crippen LogP contribution is -2.32. The number of rotatable bonds is 2. The highest BCUT2D eigenvalue weighted by molar-refractivity contribution is 9.10. The van der Waals surface area contributed by atoms with Crippen molar-refractivity contribution in [1.29, 1.82) is 0 Å². The maximum Gasteiger partial charge on any atom is 0.187 e.